The molecule has 1 unspecified atom stereocenters. The van der Waals surface area contributed by atoms with Crippen LogP contribution in [-0.4, -0.2) is 62.9 Å². The average Bonchev–Trinajstić information content (AvgIpc) is 3.08. The van der Waals surface area contributed by atoms with Gasteiger partial charge in [0.25, 0.3) is 0 Å². The van der Waals surface area contributed by atoms with Gasteiger partial charge in [0.05, 0.1) is 24.6 Å². The molecule has 1 fully saturated rings. The van der Waals surface area contributed by atoms with Crippen LogP contribution in [-0.2, 0) is 11.3 Å². The zero-order valence-corrected chi connectivity index (χ0v) is 15.1. The number of thioether (sulfide) groups is 1. The third-order valence-corrected chi connectivity index (χ3v) is 6.22. The van der Waals surface area contributed by atoms with Crippen molar-refractivity contribution in [2.24, 2.45) is 5.92 Å². The van der Waals surface area contributed by atoms with Crippen molar-refractivity contribution in [2.45, 2.75) is 39.3 Å². The quantitative estimate of drug-likeness (QED) is 0.827. The van der Waals surface area contributed by atoms with E-state index in [1.54, 1.807) is 0 Å². The van der Waals surface area contributed by atoms with Crippen LogP contribution >= 0.6 is 11.8 Å². The molecule has 6 heteroatoms. The number of hydrogen-bond acceptors (Lipinski definition) is 4. The Bertz CT molecular complexity index is 522. The maximum absolute atomic E-state index is 12.9. The minimum atomic E-state index is 0.236. The number of imidazole rings is 1. The Balaban J connectivity index is 1.73. The fourth-order valence-corrected chi connectivity index (χ4v) is 4.79. The number of aromatic nitrogens is 2. The van der Waals surface area contributed by atoms with Crippen molar-refractivity contribution in [3.05, 3.63) is 18.2 Å². The highest BCUT2D eigenvalue weighted by Gasteiger charge is 2.32. The Morgan fingerprint density at radius 3 is 2.78 bits per heavy atom. The van der Waals surface area contributed by atoms with Crippen molar-refractivity contribution in [3.63, 3.8) is 0 Å². The summed E-state index contributed by atoms with van der Waals surface area (Å²) in [5, 5.41) is 0. The second-order valence-electron chi connectivity index (χ2n) is 6.54. The molecule has 0 aromatic carbocycles. The first-order valence-electron chi connectivity index (χ1n) is 8.82. The molecular formula is C17H28N4OS. The van der Waals surface area contributed by atoms with Crippen LogP contribution in [0.2, 0.25) is 0 Å². The van der Waals surface area contributed by atoms with Gasteiger partial charge in [-0.05, 0) is 37.4 Å². The first kappa shape index (κ1) is 16.8. The molecule has 0 aliphatic carbocycles. The molecule has 0 saturated carbocycles. The molecule has 1 saturated heterocycles. The SMILES string of the molecule is CCN(CC)CC1CN(C(=O)C2CCSCC2)Cc2cncn21. The van der Waals surface area contributed by atoms with E-state index < -0.39 is 0 Å². The van der Waals surface area contributed by atoms with Crippen LogP contribution in [0.25, 0.3) is 0 Å². The molecule has 1 aromatic rings. The van der Waals surface area contributed by atoms with Gasteiger partial charge in [0, 0.05) is 25.2 Å². The van der Waals surface area contributed by atoms with Crippen LogP contribution in [0.3, 0.4) is 0 Å². The number of fused-ring (bicyclic) bond motifs is 1. The zero-order chi connectivity index (χ0) is 16.2. The predicted molar refractivity (Wildman–Crippen MR) is 94.5 cm³/mol. The van der Waals surface area contributed by atoms with E-state index in [9.17, 15) is 4.79 Å². The highest BCUT2D eigenvalue weighted by atomic mass is 32.2. The largest absolute Gasteiger partial charge is 0.334 e. The maximum Gasteiger partial charge on any atom is 0.226 e. The van der Waals surface area contributed by atoms with Gasteiger partial charge in [-0.25, -0.2) is 4.98 Å². The lowest BCUT2D eigenvalue weighted by molar-refractivity contribution is -0.138. The first-order valence-corrected chi connectivity index (χ1v) is 9.98. The number of likely N-dealkylation sites (N-methyl/N-ethyl adjacent to an activating group) is 1. The molecule has 5 nitrogen and oxygen atoms in total. The molecule has 1 atom stereocenters. The normalized spacial score (nSPS) is 22.4. The minimum absolute atomic E-state index is 0.236. The first-order chi connectivity index (χ1) is 11.2. The molecular weight excluding hydrogens is 308 g/mol. The predicted octanol–water partition coefficient (Wildman–Crippen LogP) is 2.25. The van der Waals surface area contributed by atoms with Gasteiger partial charge < -0.3 is 14.4 Å². The van der Waals surface area contributed by atoms with E-state index in [2.05, 4.69) is 33.2 Å². The van der Waals surface area contributed by atoms with Crippen molar-refractivity contribution in [1.82, 2.24) is 19.4 Å². The van der Waals surface area contributed by atoms with Crippen LogP contribution < -0.4 is 0 Å². The molecule has 3 rings (SSSR count). The fourth-order valence-electron chi connectivity index (χ4n) is 3.68. The number of nitrogens with zero attached hydrogens (tertiary/aromatic N) is 4. The highest BCUT2D eigenvalue weighted by Crippen LogP contribution is 2.28. The lowest BCUT2D eigenvalue weighted by Gasteiger charge is -2.38. The van der Waals surface area contributed by atoms with E-state index in [0.29, 0.717) is 11.9 Å². The summed E-state index contributed by atoms with van der Waals surface area (Å²) in [6, 6.07) is 0.322. The summed E-state index contributed by atoms with van der Waals surface area (Å²) in [4.78, 5) is 21.8. The van der Waals surface area contributed by atoms with Gasteiger partial charge in [0.15, 0.2) is 0 Å². The highest BCUT2D eigenvalue weighted by molar-refractivity contribution is 7.99. The number of carbonyl (C=O) groups excluding carboxylic acids is 1. The van der Waals surface area contributed by atoms with Gasteiger partial charge in [-0.1, -0.05) is 13.8 Å². The van der Waals surface area contributed by atoms with Crippen molar-refractivity contribution in [1.29, 1.82) is 0 Å². The minimum Gasteiger partial charge on any atom is -0.334 e. The Morgan fingerprint density at radius 1 is 1.35 bits per heavy atom. The summed E-state index contributed by atoms with van der Waals surface area (Å²) >= 11 is 1.98. The van der Waals surface area contributed by atoms with Gasteiger partial charge >= 0.3 is 0 Å². The Kier molecular flexibility index (Phi) is 5.64. The molecule has 0 N–H and O–H groups in total. The van der Waals surface area contributed by atoms with Gasteiger partial charge in [-0.3, -0.25) is 4.79 Å². The topological polar surface area (TPSA) is 41.4 Å². The Morgan fingerprint density at radius 2 is 2.09 bits per heavy atom. The number of amides is 1. The van der Waals surface area contributed by atoms with E-state index in [-0.39, 0.29) is 5.92 Å². The molecule has 0 spiro atoms. The lowest BCUT2D eigenvalue weighted by atomic mass is 10.00. The van der Waals surface area contributed by atoms with Gasteiger partial charge in [-0.2, -0.15) is 11.8 Å². The number of rotatable bonds is 5. The summed E-state index contributed by atoms with van der Waals surface area (Å²) in [7, 11) is 0. The summed E-state index contributed by atoms with van der Waals surface area (Å²) in [6.07, 6.45) is 5.94. The molecule has 3 heterocycles. The molecule has 0 bridgehead atoms. The molecule has 1 aromatic heterocycles. The molecule has 2 aliphatic heterocycles. The van der Waals surface area contributed by atoms with E-state index in [1.165, 1.54) is 5.69 Å². The summed E-state index contributed by atoms with van der Waals surface area (Å²) < 4.78 is 2.28. The molecule has 0 radical (unpaired) electrons. The third kappa shape index (κ3) is 3.74. The monoisotopic (exact) mass is 336 g/mol. The second-order valence-corrected chi connectivity index (χ2v) is 7.76. The number of hydrogen-bond donors (Lipinski definition) is 0. The van der Waals surface area contributed by atoms with E-state index >= 15 is 0 Å². The molecule has 2 aliphatic rings. The van der Waals surface area contributed by atoms with Gasteiger partial charge in [-0.15, -0.1) is 0 Å². The van der Waals surface area contributed by atoms with Crippen LogP contribution in [0.1, 0.15) is 38.4 Å². The molecule has 1 amide bonds. The summed E-state index contributed by atoms with van der Waals surface area (Å²) in [5.74, 6) is 2.86. The Labute approximate surface area is 143 Å². The van der Waals surface area contributed by atoms with Crippen LogP contribution in [0, 0.1) is 5.92 Å². The smallest absolute Gasteiger partial charge is 0.226 e. The van der Waals surface area contributed by atoms with Gasteiger partial charge in [0.2, 0.25) is 5.91 Å². The summed E-state index contributed by atoms with van der Waals surface area (Å²) in [6.45, 7) is 9.02. The third-order valence-electron chi connectivity index (χ3n) is 5.17. The lowest BCUT2D eigenvalue weighted by Crippen LogP contribution is -2.47. The van der Waals surface area contributed by atoms with Crippen LogP contribution in [0.5, 0.6) is 0 Å². The van der Waals surface area contributed by atoms with Crippen molar-refractivity contribution >= 4 is 17.7 Å². The fraction of sp³-hybridized carbons (Fsp3) is 0.765. The maximum atomic E-state index is 12.9. The number of carbonyl (C=O) groups is 1. The van der Waals surface area contributed by atoms with E-state index in [1.807, 2.05) is 24.3 Å². The zero-order valence-electron chi connectivity index (χ0n) is 14.3. The van der Waals surface area contributed by atoms with Crippen LogP contribution in [0.4, 0.5) is 0 Å². The van der Waals surface area contributed by atoms with E-state index in [0.717, 1.165) is 57.1 Å². The van der Waals surface area contributed by atoms with Crippen molar-refractivity contribution in [3.8, 4) is 0 Å². The van der Waals surface area contributed by atoms with Crippen molar-refractivity contribution in [2.75, 3.05) is 37.7 Å². The van der Waals surface area contributed by atoms with Gasteiger partial charge in [0.1, 0.15) is 0 Å². The molecule has 23 heavy (non-hydrogen) atoms. The van der Waals surface area contributed by atoms with E-state index in [4.69, 9.17) is 0 Å². The average molecular weight is 337 g/mol. The Hall–Kier alpha value is -1.01. The summed E-state index contributed by atoms with van der Waals surface area (Å²) in [5.41, 5.74) is 1.17. The standard InChI is InChI=1S/C17H28N4OS/c1-3-19(4-2)10-16-12-20(11-15-9-18-13-21(15)16)17(22)14-5-7-23-8-6-14/h9,13-14,16H,3-8,10-12H2,1-2H3. The van der Waals surface area contributed by atoms with Crippen LogP contribution in [0.15, 0.2) is 12.5 Å². The second kappa shape index (κ2) is 7.71. The molecule has 128 valence electrons. The van der Waals surface area contributed by atoms with Crippen molar-refractivity contribution < 1.29 is 4.79 Å².